The van der Waals surface area contributed by atoms with Crippen LogP contribution >= 0.6 is 0 Å². The number of nitrogens with zero attached hydrogens (tertiary/aromatic N) is 3. The molecule has 5 aromatic rings. The molecule has 0 aliphatic carbocycles. The van der Waals surface area contributed by atoms with Gasteiger partial charge >= 0.3 is 0 Å². The van der Waals surface area contributed by atoms with Gasteiger partial charge in [0.15, 0.2) is 18.0 Å². The van der Waals surface area contributed by atoms with Gasteiger partial charge in [0, 0.05) is 60.5 Å². The lowest BCUT2D eigenvalue weighted by Crippen LogP contribution is -2.40. The Kier molecular flexibility index (Phi) is 11.4. The fourth-order valence-corrected chi connectivity index (χ4v) is 7.35. The summed E-state index contributed by atoms with van der Waals surface area (Å²) in [7, 11) is 0. The van der Waals surface area contributed by atoms with Crippen molar-refractivity contribution in [2.75, 3.05) is 23.7 Å². The van der Waals surface area contributed by atoms with Gasteiger partial charge in [0.1, 0.15) is 0 Å². The summed E-state index contributed by atoms with van der Waals surface area (Å²) in [6.07, 6.45) is 2.27. The number of aliphatic hydroxyl groups excluding tert-OH is 2. The Balaban J connectivity index is 0.894. The monoisotopic (exact) mass is 741 g/mol. The van der Waals surface area contributed by atoms with Crippen molar-refractivity contribution in [2.24, 2.45) is 0 Å². The smallest absolute Gasteiger partial charge is 0.256 e. The SMILES string of the molecule is O=C(C[C@@H]1CCCN1C(=O)[C@@H](O)c1ccccc1)Nc1ccc(-c2cnc(-c3ccc(NC(=O)C[C@@H]4CCCN4C(=O)[C@@H](O)c4ccccc4)cc3)o2)cc1. The van der Waals surface area contributed by atoms with Crippen LogP contribution < -0.4 is 10.6 Å². The maximum Gasteiger partial charge on any atom is 0.256 e. The normalized spacial score (nSPS) is 17.8. The molecule has 2 aliphatic rings. The van der Waals surface area contributed by atoms with Crippen LogP contribution in [0.3, 0.4) is 0 Å². The number of nitrogens with one attached hydrogen (secondary N) is 2. The molecule has 0 saturated carbocycles. The van der Waals surface area contributed by atoms with E-state index in [0.717, 1.165) is 18.4 Å². The van der Waals surface area contributed by atoms with Crippen LogP contribution in [-0.2, 0) is 19.2 Å². The first-order chi connectivity index (χ1) is 26.7. The first-order valence-electron chi connectivity index (χ1n) is 18.6. The topological polar surface area (TPSA) is 165 Å². The predicted octanol–water partition coefficient (Wildman–Crippen LogP) is 6.12. The lowest BCUT2D eigenvalue weighted by molar-refractivity contribution is -0.142. The third kappa shape index (κ3) is 8.83. The molecule has 12 nitrogen and oxygen atoms in total. The van der Waals surface area contributed by atoms with E-state index in [4.69, 9.17) is 4.42 Å². The Hall–Kier alpha value is -6.11. The van der Waals surface area contributed by atoms with Crippen LogP contribution in [0.4, 0.5) is 11.4 Å². The van der Waals surface area contributed by atoms with E-state index in [1.54, 1.807) is 101 Å². The molecule has 3 heterocycles. The molecule has 7 rings (SSSR count). The Morgan fingerprint density at radius 3 is 1.53 bits per heavy atom. The van der Waals surface area contributed by atoms with Crippen molar-refractivity contribution in [3.05, 3.63) is 127 Å². The molecule has 2 fully saturated rings. The highest BCUT2D eigenvalue weighted by Gasteiger charge is 2.35. The molecule has 12 heteroatoms. The van der Waals surface area contributed by atoms with Crippen molar-refractivity contribution >= 4 is 35.0 Å². The zero-order chi connectivity index (χ0) is 38.3. The number of oxazole rings is 1. The molecule has 55 heavy (non-hydrogen) atoms. The molecule has 0 bridgehead atoms. The number of benzene rings is 4. The van der Waals surface area contributed by atoms with E-state index in [2.05, 4.69) is 15.6 Å². The van der Waals surface area contributed by atoms with Crippen LogP contribution in [0.15, 0.2) is 120 Å². The molecule has 1 aromatic heterocycles. The Bertz CT molecular complexity index is 1960. The van der Waals surface area contributed by atoms with Gasteiger partial charge in [-0.2, -0.15) is 0 Å². The molecule has 4 N–H and O–H groups in total. The number of aliphatic hydroxyl groups is 2. The summed E-state index contributed by atoms with van der Waals surface area (Å²) in [6.45, 7) is 1.00. The molecule has 2 saturated heterocycles. The second-order valence-electron chi connectivity index (χ2n) is 14.0. The summed E-state index contributed by atoms with van der Waals surface area (Å²) in [5, 5.41) is 27.1. The fraction of sp³-hybridized carbons (Fsp3) is 0.279. The van der Waals surface area contributed by atoms with Crippen LogP contribution in [-0.4, -0.2) is 73.8 Å². The molecule has 282 valence electrons. The van der Waals surface area contributed by atoms with Gasteiger partial charge in [0.2, 0.25) is 17.7 Å². The molecule has 4 aromatic carbocycles. The summed E-state index contributed by atoms with van der Waals surface area (Å²) in [6, 6.07) is 31.3. The van der Waals surface area contributed by atoms with Gasteiger partial charge in [-0.1, -0.05) is 60.7 Å². The zero-order valence-corrected chi connectivity index (χ0v) is 30.2. The van der Waals surface area contributed by atoms with E-state index in [-0.39, 0.29) is 42.6 Å². The fourth-order valence-electron chi connectivity index (χ4n) is 7.35. The van der Waals surface area contributed by atoms with E-state index in [1.165, 1.54) is 0 Å². The first kappa shape index (κ1) is 37.2. The van der Waals surface area contributed by atoms with Crippen molar-refractivity contribution in [2.45, 2.75) is 62.8 Å². The number of aromatic nitrogens is 1. The Morgan fingerprint density at radius 2 is 1.07 bits per heavy atom. The van der Waals surface area contributed by atoms with Gasteiger partial charge in [-0.05, 0) is 85.3 Å². The average Bonchev–Trinajstić information content (AvgIpc) is 4.00. The Morgan fingerprint density at radius 1 is 0.636 bits per heavy atom. The molecule has 0 spiro atoms. The van der Waals surface area contributed by atoms with E-state index < -0.39 is 18.1 Å². The number of carbonyl (C=O) groups is 4. The predicted molar refractivity (Wildman–Crippen MR) is 206 cm³/mol. The van der Waals surface area contributed by atoms with Crippen molar-refractivity contribution in [1.29, 1.82) is 0 Å². The second kappa shape index (κ2) is 16.9. The standard InChI is InChI=1S/C43H43N5O7/c49-37(25-34-13-7-23-47(34)42(53)39(51)29-9-3-1-4-10-29)45-32-19-15-28(16-20-32)36-27-44-41(55-36)31-17-21-33(22-18-31)46-38(50)26-35-14-8-24-48(35)43(54)40(52)30-11-5-2-6-12-30/h1-6,9-12,15-22,27,34-35,39-40,51-52H,7-8,13-14,23-26H2,(H,45,49)(H,46,50)/t34-,35-,39-,40-/m0/s1. The molecular weight excluding hydrogens is 699 g/mol. The lowest BCUT2D eigenvalue weighted by Gasteiger charge is -2.26. The van der Waals surface area contributed by atoms with Gasteiger partial charge in [0.25, 0.3) is 11.8 Å². The summed E-state index contributed by atoms with van der Waals surface area (Å²) < 4.78 is 6.04. The van der Waals surface area contributed by atoms with Gasteiger partial charge < -0.3 is 35.1 Å². The number of carbonyl (C=O) groups excluding carboxylic acids is 4. The minimum Gasteiger partial charge on any atom is -0.436 e. The summed E-state index contributed by atoms with van der Waals surface area (Å²) >= 11 is 0. The zero-order valence-electron chi connectivity index (χ0n) is 30.2. The van der Waals surface area contributed by atoms with E-state index in [9.17, 15) is 29.4 Å². The number of likely N-dealkylation sites (tertiary alicyclic amines) is 2. The number of rotatable bonds is 12. The third-order valence-electron chi connectivity index (χ3n) is 10.2. The van der Waals surface area contributed by atoms with Crippen molar-refractivity contribution in [3.63, 3.8) is 0 Å². The van der Waals surface area contributed by atoms with Gasteiger partial charge in [0.05, 0.1) is 6.20 Å². The minimum atomic E-state index is -1.26. The second-order valence-corrected chi connectivity index (χ2v) is 14.0. The summed E-state index contributed by atoms with van der Waals surface area (Å²) in [5.74, 6) is -0.288. The summed E-state index contributed by atoms with van der Waals surface area (Å²) in [4.78, 5) is 59.7. The van der Waals surface area contributed by atoms with Gasteiger partial charge in [-0.15, -0.1) is 0 Å². The quantitative estimate of drug-likeness (QED) is 0.119. The van der Waals surface area contributed by atoms with Crippen LogP contribution in [0.25, 0.3) is 22.8 Å². The number of anilines is 2. The highest BCUT2D eigenvalue weighted by Crippen LogP contribution is 2.30. The van der Waals surface area contributed by atoms with Crippen molar-refractivity contribution < 1.29 is 33.8 Å². The van der Waals surface area contributed by atoms with Crippen LogP contribution in [0.2, 0.25) is 0 Å². The Labute approximate surface area is 318 Å². The maximum absolute atomic E-state index is 13.0. The average molecular weight is 742 g/mol. The van der Waals surface area contributed by atoms with Gasteiger partial charge in [-0.25, -0.2) is 4.98 Å². The number of hydrogen-bond donors (Lipinski definition) is 4. The van der Waals surface area contributed by atoms with Crippen LogP contribution in [0, 0.1) is 0 Å². The first-order valence-corrected chi connectivity index (χ1v) is 18.6. The molecule has 2 aliphatic heterocycles. The highest BCUT2D eigenvalue weighted by atomic mass is 16.4. The highest BCUT2D eigenvalue weighted by molar-refractivity contribution is 5.93. The van der Waals surface area contributed by atoms with Crippen LogP contribution in [0.5, 0.6) is 0 Å². The van der Waals surface area contributed by atoms with E-state index in [1.807, 2.05) is 24.3 Å². The van der Waals surface area contributed by atoms with Crippen molar-refractivity contribution in [3.8, 4) is 22.8 Å². The largest absolute Gasteiger partial charge is 0.436 e. The third-order valence-corrected chi connectivity index (χ3v) is 10.2. The molecular formula is C43H43N5O7. The number of amides is 4. The maximum atomic E-state index is 13.0. The molecule has 0 unspecified atom stereocenters. The summed E-state index contributed by atoms with van der Waals surface area (Å²) in [5.41, 5.74) is 3.73. The lowest BCUT2D eigenvalue weighted by atomic mass is 10.1. The molecule has 0 radical (unpaired) electrons. The molecule has 4 atom stereocenters. The van der Waals surface area contributed by atoms with E-state index in [0.29, 0.717) is 65.6 Å². The van der Waals surface area contributed by atoms with Crippen LogP contribution in [0.1, 0.15) is 61.9 Å². The molecule has 4 amide bonds. The van der Waals surface area contributed by atoms with Crippen molar-refractivity contribution in [1.82, 2.24) is 14.8 Å². The minimum absolute atomic E-state index is 0.126. The van der Waals surface area contributed by atoms with E-state index >= 15 is 0 Å². The number of hydrogen-bond acceptors (Lipinski definition) is 8. The van der Waals surface area contributed by atoms with Gasteiger partial charge in [-0.3, -0.25) is 19.2 Å².